The molecule has 100 valence electrons. The fourth-order valence-electron chi connectivity index (χ4n) is 1.80. The van der Waals surface area contributed by atoms with Gasteiger partial charge in [0.05, 0.1) is 14.2 Å². The summed E-state index contributed by atoms with van der Waals surface area (Å²) in [5.41, 5.74) is 0. The Morgan fingerprint density at radius 2 is 1.83 bits per heavy atom. The largest absolute Gasteiger partial charge is 0.493 e. The predicted octanol–water partition coefficient (Wildman–Crippen LogP) is 2.22. The molecule has 1 saturated carbocycles. The van der Waals surface area contributed by atoms with E-state index in [4.69, 9.17) is 14.2 Å². The van der Waals surface area contributed by atoms with Crippen LogP contribution >= 0.6 is 0 Å². The van der Waals surface area contributed by atoms with Gasteiger partial charge in [-0.15, -0.1) is 0 Å². The molecule has 0 heterocycles. The Bertz CT molecular complexity index is 368. The second-order valence-corrected chi connectivity index (χ2v) is 4.60. The molecular formula is C14H21NO3. The highest BCUT2D eigenvalue weighted by Gasteiger charge is 2.22. The molecule has 1 N–H and O–H groups in total. The molecule has 1 aromatic carbocycles. The van der Waals surface area contributed by atoms with E-state index in [1.807, 2.05) is 25.1 Å². The first-order chi connectivity index (χ1) is 8.74. The van der Waals surface area contributed by atoms with Gasteiger partial charge in [0.25, 0.3) is 0 Å². The normalized spacial score (nSPS) is 16.2. The van der Waals surface area contributed by atoms with E-state index in [1.165, 1.54) is 12.8 Å². The first-order valence-electron chi connectivity index (χ1n) is 6.35. The Balaban J connectivity index is 2.00. The first-order valence-corrected chi connectivity index (χ1v) is 6.35. The molecule has 0 spiro atoms. The van der Waals surface area contributed by atoms with Crippen LogP contribution in [0.5, 0.6) is 17.2 Å². The van der Waals surface area contributed by atoms with E-state index in [0.29, 0.717) is 23.3 Å². The van der Waals surface area contributed by atoms with Crippen LogP contribution in [0.15, 0.2) is 18.2 Å². The van der Waals surface area contributed by atoms with Gasteiger partial charge in [-0.3, -0.25) is 0 Å². The van der Waals surface area contributed by atoms with Gasteiger partial charge in [0, 0.05) is 12.6 Å². The lowest BCUT2D eigenvalue weighted by atomic mass is 10.3. The molecule has 1 aromatic rings. The standard InChI is InChI=1S/C14H21NO3/c1-10(9-15-11-7-8-11)18-14-12(16-2)5-4-6-13(14)17-3/h4-6,10-11,15H,7-9H2,1-3H3. The molecule has 0 aliphatic heterocycles. The van der Waals surface area contributed by atoms with Gasteiger partial charge in [0.2, 0.25) is 5.75 Å². The molecule has 4 nitrogen and oxygen atoms in total. The fraction of sp³-hybridized carbons (Fsp3) is 0.571. The van der Waals surface area contributed by atoms with Crippen LogP contribution in [0.4, 0.5) is 0 Å². The molecule has 0 radical (unpaired) electrons. The van der Waals surface area contributed by atoms with Crippen molar-refractivity contribution in [1.29, 1.82) is 0 Å². The molecule has 1 unspecified atom stereocenters. The third kappa shape index (κ3) is 3.29. The quantitative estimate of drug-likeness (QED) is 0.806. The number of methoxy groups -OCH3 is 2. The second-order valence-electron chi connectivity index (χ2n) is 4.60. The Hall–Kier alpha value is -1.42. The van der Waals surface area contributed by atoms with Crippen molar-refractivity contribution in [2.24, 2.45) is 0 Å². The molecular weight excluding hydrogens is 230 g/mol. The van der Waals surface area contributed by atoms with Crippen LogP contribution < -0.4 is 19.5 Å². The van der Waals surface area contributed by atoms with E-state index in [-0.39, 0.29) is 6.10 Å². The number of para-hydroxylation sites is 1. The smallest absolute Gasteiger partial charge is 0.203 e. The van der Waals surface area contributed by atoms with Crippen molar-refractivity contribution in [3.8, 4) is 17.2 Å². The van der Waals surface area contributed by atoms with Crippen LogP contribution in [0, 0.1) is 0 Å². The molecule has 0 aromatic heterocycles. The molecule has 2 rings (SSSR count). The minimum absolute atomic E-state index is 0.0794. The number of benzene rings is 1. The molecule has 4 heteroatoms. The minimum atomic E-state index is 0.0794. The Morgan fingerprint density at radius 1 is 1.22 bits per heavy atom. The summed E-state index contributed by atoms with van der Waals surface area (Å²) in [4.78, 5) is 0. The van der Waals surface area contributed by atoms with Crippen molar-refractivity contribution in [1.82, 2.24) is 5.32 Å². The van der Waals surface area contributed by atoms with Gasteiger partial charge < -0.3 is 19.5 Å². The summed E-state index contributed by atoms with van der Waals surface area (Å²) in [6.07, 6.45) is 2.64. The number of hydrogen-bond donors (Lipinski definition) is 1. The maximum absolute atomic E-state index is 5.92. The first kappa shape index (κ1) is 13.0. The SMILES string of the molecule is COc1cccc(OC)c1OC(C)CNC1CC1. The fourth-order valence-corrected chi connectivity index (χ4v) is 1.80. The zero-order valence-corrected chi connectivity index (χ0v) is 11.2. The van der Waals surface area contributed by atoms with Crippen LogP contribution in [-0.4, -0.2) is 32.9 Å². The van der Waals surface area contributed by atoms with Crippen LogP contribution in [0.25, 0.3) is 0 Å². The molecule has 1 aliphatic carbocycles. The molecule has 0 bridgehead atoms. The average molecular weight is 251 g/mol. The predicted molar refractivity (Wildman–Crippen MR) is 70.7 cm³/mol. The highest BCUT2D eigenvalue weighted by Crippen LogP contribution is 2.37. The lowest BCUT2D eigenvalue weighted by Crippen LogP contribution is -2.30. The summed E-state index contributed by atoms with van der Waals surface area (Å²) in [7, 11) is 3.27. The Kier molecular flexibility index (Phi) is 4.31. The van der Waals surface area contributed by atoms with Gasteiger partial charge in [-0.05, 0) is 31.9 Å². The summed E-state index contributed by atoms with van der Waals surface area (Å²) in [5, 5.41) is 3.44. The van der Waals surface area contributed by atoms with Gasteiger partial charge >= 0.3 is 0 Å². The lowest BCUT2D eigenvalue weighted by molar-refractivity contribution is 0.198. The summed E-state index contributed by atoms with van der Waals surface area (Å²) in [6, 6.07) is 6.32. The topological polar surface area (TPSA) is 39.7 Å². The lowest BCUT2D eigenvalue weighted by Gasteiger charge is -2.19. The maximum atomic E-state index is 5.92. The van der Waals surface area contributed by atoms with Crippen LogP contribution in [0.2, 0.25) is 0 Å². The van der Waals surface area contributed by atoms with Gasteiger partial charge in [-0.2, -0.15) is 0 Å². The van der Waals surface area contributed by atoms with E-state index in [0.717, 1.165) is 6.54 Å². The number of ether oxygens (including phenoxy) is 3. The molecule has 0 amide bonds. The summed E-state index contributed by atoms with van der Waals surface area (Å²) in [5.74, 6) is 2.08. The van der Waals surface area contributed by atoms with Crippen molar-refractivity contribution in [2.45, 2.75) is 31.9 Å². The number of hydrogen-bond acceptors (Lipinski definition) is 4. The Morgan fingerprint density at radius 3 is 2.33 bits per heavy atom. The van der Waals surface area contributed by atoms with Crippen molar-refractivity contribution < 1.29 is 14.2 Å². The highest BCUT2D eigenvalue weighted by molar-refractivity contribution is 5.51. The molecule has 0 saturated heterocycles. The molecule has 18 heavy (non-hydrogen) atoms. The summed E-state index contributed by atoms with van der Waals surface area (Å²) in [6.45, 7) is 2.88. The minimum Gasteiger partial charge on any atom is -0.493 e. The van der Waals surface area contributed by atoms with Crippen molar-refractivity contribution >= 4 is 0 Å². The maximum Gasteiger partial charge on any atom is 0.203 e. The molecule has 1 aliphatic rings. The number of nitrogens with one attached hydrogen (secondary N) is 1. The van der Waals surface area contributed by atoms with Gasteiger partial charge in [-0.1, -0.05) is 6.07 Å². The summed E-state index contributed by atoms with van der Waals surface area (Å²) < 4.78 is 16.5. The zero-order valence-electron chi connectivity index (χ0n) is 11.2. The second kappa shape index (κ2) is 5.96. The van der Waals surface area contributed by atoms with Crippen LogP contribution in [-0.2, 0) is 0 Å². The van der Waals surface area contributed by atoms with E-state index in [1.54, 1.807) is 14.2 Å². The van der Waals surface area contributed by atoms with Crippen LogP contribution in [0.1, 0.15) is 19.8 Å². The highest BCUT2D eigenvalue weighted by atomic mass is 16.5. The van der Waals surface area contributed by atoms with Gasteiger partial charge in [0.1, 0.15) is 6.10 Å². The van der Waals surface area contributed by atoms with Gasteiger partial charge in [-0.25, -0.2) is 0 Å². The van der Waals surface area contributed by atoms with Crippen molar-refractivity contribution in [3.63, 3.8) is 0 Å². The monoisotopic (exact) mass is 251 g/mol. The third-order valence-corrected chi connectivity index (χ3v) is 2.97. The average Bonchev–Trinajstić information content (AvgIpc) is 3.20. The summed E-state index contributed by atoms with van der Waals surface area (Å²) >= 11 is 0. The van der Waals surface area contributed by atoms with Crippen LogP contribution in [0.3, 0.4) is 0 Å². The molecule has 1 fully saturated rings. The van der Waals surface area contributed by atoms with E-state index in [9.17, 15) is 0 Å². The Labute approximate surface area is 108 Å². The van der Waals surface area contributed by atoms with Gasteiger partial charge in [0.15, 0.2) is 11.5 Å². The van der Waals surface area contributed by atoms with E-state index >= 15 is 0 Å². The molecule has 1 atom stereocenters. The van der Waals surface area contributed by atoms with E-state index < -0.39 is 0 Å². The zero-order chi connectivity index (χ0) is 13.0. The van der Waals surface area contributed by atoms with Crippen molar-refractivity contribution in [2.75, 3.05) is 20.8 Å². The van der Waals surface area contributed by atoms with E-state index in [2.05, 4.69) is 5.32 Å². The third-order valence-electron chi connectivity index (χ3n) is 2.97. The number of rotatable bonds is 7. The van der Waals surface area contributed by atoms with Crippen molar-refractivity contribution in [3.05, 3.63) is 18.2 Å².